The van der Waals surface area contributed by atoms with Crippen LogP contribution in [0.2, 0.25) is 0 Å². The van der Waals surface area contributed by atoms with E-state index in [0.717, 1.165) is 43.8 Å². The van der Waals surface area contributed by atoms with Gasteiger partial charge in [0.25, 0.3) is 5.56 Å². The zero-order chi connectivity index (χ0) is 34.8. The predicted molar refractivity (Wildman–Crippen MR) is 201 cm³/mol. The number of aromatic nitrogens is 2. The summed E-state index contributed by atoms with van der Waals surface area (Å²) in [6, 6.07) is 49.0. The standard InChI is InChI=1S/C44H35N3O4/c48-30-37-28-46(44(34-15-4-1-5-16-34,35-17-6-2-7-18-35)36-19-8-3-9-20-36)29-41(51-37)47-27-33(42(49)45-43(47)50)25-24-32-26-31-14-10-11-21-38(31)40-23-13-12-22-39(32)40/h1-23,26-27,37,41,48H,28-30H2,(H,45,49,50)/t37-,41+/m0/s1. The van der Waals surface area contributed by atoms with Crippen LogP contribution in [0.15, 0.2) is 161 Å². The molecule has 2 atom stereocenters. The van der Waals surface area contributed by atoms with Crippen molar-refractivity contribution >= 4 is 21.5 Å². The van der Waals surface area contributed by atoms with Gasteiger partial charge in [-0.3, -0.25) is 19.2 Å². The molecule has 2 N–H and O–H groups in total. The fourth-order valence-corrected chi connectivity index (χ4v) is 7.51. The molecule has 0 bridgehead atoms. The molecule has 0 spiro atoms. The smallest absolute Gasteiger partial charge is 0.330 e. The first-order valence-electron chi connectivity index (χ1n) is 17.0. The van der Waals surface area contributed by atoms with Gasteiger partial charge in [-0.15, -0.1) is 0 Å². The van der Waals surface area contributed by atoms with Gasteiger partial charge < -0.3 is 9.84 Å². The molecule has 6 aromatic carbocycles. The van der Waals surface area contributed by atoms with Crippen molar-refractivity contribution in [2.45, 2.75) is 17.9 Å². The van der Waals surface area contributed by atoms with Crippen LogP contribution in [0.3, 0.4) is 0 Å². The van der Waals surface area contributed by atoms with Crippen LogP contribution < -0.4 is 11.2 Å². The molecular formula is C44H35N3O4. The minimum atomic E-state index is -0.849. The molecule has 0 amide bonds. The van der Waals surface area contributed by atoms with Crippen molar-refractivity contribution in [3.05, 3.63) is 200 Å². The van der Waals surface area contributed by atoms with Gasteiger partial charge in [-0.1, -0.05) is 151 Å². The van der Waals surface area contributed by atoms with Crippen LogP contribution in [-0.2, 0) is 10.3 Å². The fraction of sp³-hybridized carbons (Fsp3) is 0.136. The number of aliphatic hydroxyl groups is 1. The van der Waals surface area contributed by atoms with Gasteiger partial charge in [-0.05, 0) is 44.3 Å². The Morgan fingerprint density at radius 3 is 1.80 bits per heavy atom. The van der Waals surface area contributed by atoms with Crippen molar-refractivity contribution in [2.75, 3.05) is 19.7 Å². The second-order valence-electron chi connectivity index (χ2n) is 12.8. The molecule has 7 aromatic rings. The van der Waals surface area contributed by atoms with Gasteiger partial charge in [0, 0.05) is 24.8 Å². The van der Waals surface area contributed by atoms with Gasteiger partial charge in [0.05, 0.1) is 18.2 Å². The van der Waals surface area contributed by atoms with Gasteiger partial charge in [0.1, 0.15) is 5.56 Å². The molecule has 1 aromatic heterocycles. The molecule has 8 rings (SSSR count). The summed E-state index contributed by atoms with van der Waals surface area (Å²) >= 11 is 0. The summed E-state index contributed by atoms with van der Waals surface area (Å²) in [7, 11) is 0. The van der Waals surface area contributed by atoms with E-state index in [2.05, 4.69) is 70.3 Å². The molecule has 1 aliphatic heterocycles. The van der Waals surface area contributed by atoms with E-state index >= 15 is 0 Å². The van der Waals surface area contributed by atoms with Crippen LogP contribution in [0.5, 0.6) is 0 Å². The number of nitrogens with one attached hydrogen (secondary N) is 1. The number of aliphatic hydroxyl groups excluding tert-OH is 1. The third kappa shape index (κ3) is 5.86. The van der Waals surface area contributed by atoms with E-state index in [9.17, 15) is 14.7 Å². The highest BCUT2D eigenvalue weighted by atomic mass is 16.5. The lowest BCUT2D eigenvalue weighted by atomic mass is 9.75. The highest BCUT2D eigenvalue weighted by molar-refractivity contribution is 6.09. The Hall–Kier alpha value is -6.04. The number of nitrogens with zero attached hydrogens (tertiary/aromatic N) is 2. The summed E-state index contributed by atoms with van der Waals surface area (Å²) in [5.74, 6) is 6.29. The lowest BCUT2D eigenvalue weighted by Crippen LogP contribution is -2.58. The van der Waals surface area contributed by atoms with Crippen molar-refractivity contribution in [1.29, 1.82) is 0 Å². The molecule has 1 saturated heterocycles. The third-order valence-electron chi connectivity index (χ3n) is 9.78. The molecule has 1 aliphatic rings. The Labute approximate surface area is 295 Å². The van der Waals surface area contributed by atoms with Crippen molar-refractivity contribution < 1.29 is 9.84 Å². The zero-order valence-electron chi connectivity index (χ0n) is 27.8. The van der Waals surface area contributed by atoms with E-state index in [4.69, 9.17) is 4.74 Å². The average Bonchev–Trinajstić information content (AvgIpc) is 3.19. The van der Waals surface area contributed by atoms with E-state index in [1.807, 2.05) is 97.1 Å². The Kier molecular flexibility index (Phi) is 8.64. The van der Waals surface area contributed by atoms with Crippen LogP contribution in [0.25, 0.3) is 21.5 Å². The average molecular weight is 670 g/mol. The Bertz CT molecular complexity index is 2420. The maximum Gasteiger partial charge on any atom is 0.330 e. The second-order valence-corrected chi connectivity index (χ2v) is 12.8. The summed E-state index contributed by atoms with van der Waals surface area (Å²) in [5, 5.41) is 14.8. The predicted octanol–water partition coefficient (Wildman–Crippen LogP) is 6.43. The van der Waals surface area contributed by atoms with Gasteiger partial charge >= 0.3 is 5.69 Å². The fourth-order valence-electron chi connectivity index (χ4n) is 7.51. The summed E-state index contributed by atoms with van der Waals surface area (Å²) in [6.07, 6.45) is 0.00398. The summed E-state index contributed by atoms with van der Waals surface area (Å²) < 4.78 is 7.79. The number of H-pyrrole nitrogens is 1. The van der Waals surface area contributed by atoms with Crippen LogP contribution in [0, 0.1) is 11.8 Å². The minimum Gasteiger partial charge on any atom is -0.394 e. The van der Waals surface area contributed by atoms with Gasteiger partial charge in [-0.2, -0.15) is 0 Å². The Balaban J connectivity index is 1.25. The van der Waals surface area contributed by atoms with Gasteiger partial charge in [0.2, 0.25) is 0 Å². The summed E-state index contributed by atoms with van der Waals surface area (Å²) in [5.41, 5.74) is 2.01. The maximum absolute atomic E-state index is 13.5. The molecule has 250 valence electrons. The van der Waals surface area contributed by atoms with Gasteiger partial charge in [-0.25, -0.2) is 4.79 Å². The Morgan fingerprint density at radius 2 is 1.20 bits per heavy atom. The van der Waals surface area contributed by atoms with Crippen molar-refractivity contribution in [3.63, 3.8) is 0 Å². The quantitative estimate of drug-likeness (QED) is 0.121. The summed E-state index contributed by atoms with van der Waals surface area (Å²) in [4.78, 5) is 31.5. The number of ether oxygens (including phenoxy) is 1. The van der Waals surface area contributed by atoms with Crippen LogP contribution >= 0.6 is 0 Å². The molecule has 7 heteroatoms. The van der Waals surface area contributed by atoms with E-state index in [1.165, 1.54) is 10.8 Å². The first-order valence-corrected chi connectivity index (χ1v) is 17.0. The topological polar surface area (TPSA) is 87.6 Å². The molecule has 7 nitrogen and oxygen atoms in total. The molecule has 51 heavy (non-hydrogen) atoms. The molecule has 0 unspecified atom stereocenters. The maximum atomic E-state index is 13.5. The second kappa shape index (κ2) is 13.7. The first kappa shape index (κ1) is 32.2. The number of morpholine rings is 1. The number of rotatable bonds is 6. The van der Waals surface area contributed by atoms with Crippen LogP contribution in [0.4, 0.5) is 0 Å². The lowest BCUT2D eigenvalue weighted by molar-refractivity contribution is -0.151. The summed E-state index contributed by atoms with van der Waals surface area (Å²) in [6.45, 7) is 0.385. The number of benzene rings is 6. The highest BCUT2D eigenvalue weighted by Crippen LogP contribution is 2.44. The SMILES string of the molecule is O=c1[nH]c(=O)n([C@H]2CN(C(c3ccccc3)(c3ccccc3)c3ccccc3)C[C@@H](CO)O2)cc1C#Cc1cc2ccccc2c2ccccc12. The van der Waals surface area contributed by atoms with E-state index in [0.29, 0.717) is 6.54 Å². The number of aromatic amines is 1. The first-order chi connectivity index (χ1) is 25.1. The minimum absolute atomic E-state index is 0.133. The van der Waals surface area contributed by atoms with Crippen molar-refractivity contribution in [1.82, 2.24) is 14.5 Å². The van der Waals surface area contributed by atoms with Gasteiger partial charge in [0.15, 0.2) is 6.23 Å². The highest BCUT2D eigenvalue weighted by Gasteiger charge is 2.46. The molecule has 2 heterocycles. The van der Waals surface area contributed by atoms with Crippen molar-refractivity contribution in [2.24, 2.45) is 0 Å². The largest absolute Gasteiger partial charge is 0.394 e. The Morgan fingerprint density at radius 1 is 0.667 bits per heavy atom. The molecule has 0 radical (unpaired) electrons. The van der Waals surface area contributed by atoms with E-state index in [1.54, 1.807) is 0 Å². The molecule has 1 fully saturated rings. The molecular weight excluding hydrogens is 635 g/mol. The third-order valence-corrected chi connectivity index (χ3v) is 9.78. The number of hydrogen-bond donors (Lipinski definition) is 2. The van der Waals surface area contributed by atoms with Crippen LogP contribution in [-0.4, -0.2) is 45.4 Å². The number of fused-ring (bicyclic) bond motifs is 3. The molecule has 0 saturated carbocycles. The zero-order valence-corrected chi connectivity index (χ0v) is 27.8. The monoisotopic (exact) mass is 669 g/mol. The number of hydrogen-bond acceptors (Lipinski definition) is 5. The van der Waals surface area contributed by atoms with Crippen LogP contribution in [0.1, 0.15) is 34.0 Å². The van der Waals surface area contributed by atoms with E-state index < -0.39 is 29.1 Å². The molecule has 0 aliphatic carbocycles. The normalized spacial score (nSPS) is 16.5. The lowest BCUT2D eigenvalue weighted by Gasteiger charge is -2.50. The van der Waals surface area contributed by atoms with E-state index in [-0.39, 0.29) is 18.7 Å². The van der Waals surface area contributed by atoms with Crippen molar-refractivity contribution in [3.8, 4) is 11.8 Å².